The summed E-state index contributed by atoms with van der Waals surface area (Å²) < 4.78 is 4.78. The number of benzene rings is 1. The molecular weight excluding hydrogens is 296 g/mol. The molecule has 0 saturated carbocycles. The molecule has 0 saturated heterocycles. The van der Waals surface area contributed by atoms with Crippen molar-refractivity contribution >= 4 is 29.4 Å². The minimum absolute atomic E-state index is 0.0958. The lowest BCUT2D eigenvalue weighted by Gasteiger charge is -2.09. The lowest BCUT2D eigenvalue weighted by molar-refractivity contribution is -0.153. The van der Waals surface area contributed by atoms with Crippen molar-refractivity contribution in [1.29, 1.82) is 0 Å². The molecule has 0 aromatic heterocycles. The minimum Gasteiger partial charge on any atom is -0.453 e. The van der Waals surface area contributed by atoms with Gasteiger partial charge in [-0.05, 0) is 37.6 Å². The zero-order valence-corrected chi connectivity index (χ0v) is 12.4. The molecule has 21 heavy (non-hydrogen) atoms. The summed E-state index contributed by atoms with van der Waals surface area (Å²) in [6.45, 7) is 1.73. The Hall–Kier alpha value is -2.08. The first-order valence-electron chi connectivity index (χ1n) is 6.42. The molecule has 1 aromatic carbocycles. The fourth-order valence-corrected chi connectivity index (χ4v) is 1.58. The molecule has 0 bridgehead atoms. The number of halogens is 1. The van der Waals surface area contributed by atoms with Crippen LogP contribution >= 0.6 is 11.6 Å². The topological polar surface area (TPSA) is 98.5 Å². The summed E-state index contributed by atoms with van der Waals surface area (Å²) in [7, 11) is 0. The Morgan fingerprint density at radius 3 is 2.48 bits per heavy atom. The highest BCUT2D eigenvalue weighted by atomic mass is 35.5. The van der Waals surface area contributed by atoms with Crippen LogP contribution in [0.5, 0.6) is 0 Å². The van der Waals surface area contributed by atoms with Crippen molar-refractivity contribution in [3.8, 4) is 0 Å². The van der Waals surface area contributed by atoms with Crippen LogP contribution in [-0.2, 0) is 14.3 Å². The predicted molar refractivity (Wildman–Crippen MR) is 77.8 cm³/mol. The van der Waals surface area contributed by atoms with Crippen LogP contribution in [0.15, 0.2) is 24.3 Å². The van der Waals surface area contributed by atoms with Gasteiger partial charge < -0.3 is 15.8 Å². The first kappa shape index (κ1) is 17.0. The number of carbonyl (C=O) groups excluding carboxylic acids is 3. The molecule has 0 aliphatic carbocycles. The number of primary amides is 1. The molecule has 0 spiro atoms. The molecular formula is C14H17ClN2O4. The maximum absolute atomic E-state index is 11.7. The van der Waals surface area contributed by atoms with E-state index in [1.807, 2.05) is 0 Å². The third kappa shape index (κ3) is 6.27. The smallest absolute Gasteiger partial charge is 0.306 e. The van der Waals surface area contributed by atoms with Crippen molar-refractivity contribution in [2.24, 2.45) is 5.73 Å². The molecule has 0 aliphatic heterocycles. The van der Waals surface area contributed by atoms with Crippen molar-refractivity contribution in [2.45, 2.75) is 25.9 Å². The van der Waals surface area contributed by atoms with Crippen LogP contribution in [0.25, 0.3) is 0 Å². The minimum atomic E-state index is -0.943. The Morgan fingerprint density at radius 2 is 1.90 bits per heavy atom. The average Bonchev–Trinajstić information content (AvgIpc) is 2.44. The third-order valence-corrected chi connectivity index (χ3v) is 2.91. The maximum Gasteiger partial charge on any atom is 0.306 e. The molecule has 1 unspecified atom stereocenters. The number of carbonyl (C=O) groups is 3. The van der Waals surface area contributed by atoms with E-state index in [4.69, 9.17) is 22.1 Å². The highest BCUT2D eigenvalue weighted by molar-refractivity contribution is 6.30. The Kier molecular flexibility index (Phi) is 6.68. The first-order chi connectivity index (χ1) is 9.90. The van der Waals surface area contributed by atoms with Crippen molar-refractivity contribution in [2.75, 3.05) is 6.54 Å². The molecule has 1 aromatic rings. The normalized spacial score (nSPS) is 11.5. The fourth-order valence-electron chi connectivity index (χ4n) is 1.45. The second-order valence-electron chi connectivity index (χ2n) is 4.40. The van der Waals surface area contributed by atoms with Crippen LogP contribution in [0.1, 0.15) is 30.1 Å². The fraction of sp³-hybridized carbons (Fsp3) is 0.357. The summed E-state index contributed by atoms with van der Waals surface area (Å²) in [5.41, 5.74) is 5.46. The summed E-state index contributed by atoms with van der Waals surface area (Å²) >= 11 is 5.73. The van der Waals surface area contributed by atoms with Gasteiger partial charge in [-0.1, -0.05) is 11.6 Å². The number of nitrogens with one attached hydrogen (secondary N) is 1. The number of hydrogen-bond acceptors (Lipinski definition) is 4. The Morgan fingerprint density at radius 1 is 1.29 bits per heavy atom. The van der Waals surface area contributed by atoms with E-state index < -0.39 is 18.0 Å². The molecule has 3 N–H and O–H groups in total. The van der Waals surface area contributed by atoms with Gasteiger partial charge in [0.25, 0.3) is 11.8 Å². The van der Waals surface area contributed by atoms with Gasteiger partial charge >= 0.3 is 5.97 Å². The van der Waals surface area contributed by atoms with Crippen LogP contribution in [0.4, 0.5) is 0 Å². The lowest BCUT2D eigenvalue weighted by atomic mass is 10.2. The molecule has 2 amide bonds. The lowest BCUT2D eigenvalue weighted by Crippen LogP contribution is -2.31. The van der Waals surface area contributed by atoms with Gasteiger partial charge in [-0.3, -0.25) is 14.4 Å². The summed E-state index contributed by atoms with van der Waals surface area (Å²) in [5.74, 6) is -1.47. The molecule has 0 radical (unpaired) electrons. The maximum atomic E-state index is 11.7. The van der Waals surface area contributed by atoms with E-state index in [9.17, 15) is 14.4 Å². The van der Waals surface area contributed by atoms with Gasteiger partial charge in [0.15, 0.2) is 6.10 Å². The van der Waals surface area contributed by atoms with Crippen molar-refractivity contribution < 1.29 is 19.1 Å². The second-order valence-corrected chi connectivity index (χ2v) is 4.84. The molecule has 7 heteroatoms. The molecule has 0 aliphatic rings. The highest BCUT2D eigenvalue weighted by Crippen LogP contribution is 2.09. The zero-order chi connectivity index (χ0) is 15.8. The Bertz CT molecular complexity index is 516. The number of ether oxygens (including phenoxy) is 1. The van der Waals surface area contributed by atoms with Gasteiger partial charge in [-0.25, -0.2) is 0 Å². The number of hydrogen-bond donors (Lipinski definition) is 2. The standard InChI is InChI=1S/C14H17ClN2O4/c1-9(13(16)19)21-12(18)3-2-8-17-14(20)10-4-6-11(15)7-5-10/h4-7,9H,2-3,8H2,1H3,(H2,16,19)(H,17,20). The van der Waals surface area contributed by atoms with E-state index in [-0.39, 0.29) is 12.3 Å². The van der Waals surface area contributed by atoms with Gasteiger partial charge in [-0.15, -0.1) is 0 Å². The van der Waals surface area contributed by atoms with Crippen LogP contribution in [0.2, 0.25) is 5.02 Å². The Labute approximate surface area is 127 Å². The van der Waals surface area contributed by atoms with E-state index in [0.29, 0.717) is 23.6 Å². The number of amides is 2. The number of nitrogens with two attached hydrogens (primary N) is 1. The van der Waals surface area contributed by atoms with Crippen molar-refractivity contribution in [3.63, 3.8) is 0 Å². The van der Waals surface area contributed by atoms with Crippen LogP contribution < -0.4 is 11.1 Å². The highest BCUT2D eigenvalue weighted by Gasteiger charge is 2.14. The van der Waals surface area contributed by atoms with Gasteiger partial charge in [-0.2, -0.15) is 0 Å². The zero-order valence-electron chi connectivity index (χ0n) is 11.6. The van der Waals surface area contributed by atoms with Gasteiger partial charge in [0.05, 0.1) is 0 Å². The van der Waals surface area contributed by atoms with Crippen LogP contribution in [0.3, 0.4) is 0 Å². The number of rotatable bonds is 7. The number of esters is 1. The van der Waals surface area contributed by atoms with Crippen LogP contribution in [0, 0.1) is 0 Å². The third-order valence-electron chi connectivity index (χ3n) is 2.66. The molecule has 114 valence electrons. The first-order valence-corrected chi connectivity index (χ1v) is 6.80. The largest absolute Gasteiger partial charge is 0.453 e. The average molecular weight is 313 g/mol. The quantitative estimate of drug-likeness (QED) is 0.585. The molecule has 0 heterocycles. The SMILES string of the molecule is CC(OC(=O)CCCNC(=O)c1ccc(Cl)cc1)C(N)=O. The molecule has 0 fully saturated rings. The van der Waals surface area contributed by atoms with Gasteiger partial charge in [0.2, 0.25) is 0 Å². The van der Waals surface area contributed by atoms with Crippen molar-refractivity contribution in [3.05, 3.63) is 34.9 Å². The monoisotopic (exact) mass is 312 g/mol. The van der Waals surface area contributed by atoms with Gasteiger partial charge in [0.1, 0.15) is 0 Å². The van der Waals surface area contributed by atoms with Crippen molar-refractivity contribution in [1.82, 2.24) is 5.32 Å². The molecule has 1 atom stereocenters. The Balaban J connectivity index is 2.25. The van der Waals surface area contributed by atoms with Crippen LogP contribution in [-0.4, -0.2) is 30.4 Å². The van der Waals surface area contributed by atoms with E-state index >= 15 is 0 Å². The molecule has 6 nitrogen and oxygen atoms in total. The van der Waals surface area contributed by atoms with E-state index in [1.165, 1.54) is 6.92 Å². The predicted octanol–water partition coefficient (Wildman–Crippen LogP) is 1.27. The molecule has 1 rings (SSSR count). The van der Waals surface area contributed by atoms with Gasteiger partial charge in [0, 0.05) is 23.6 Å². The summed E-state index contributed by atoms with van der Waals surface area (Å²) in [4.78, 5) is 33.8. The van der Waals surface area contributed by atoms with E-state index in [1.54, 1.807) is 24.3 Å². The summed E-state index contributed by atoms with van der Waals surface area (Å²) in [6, 6.07) is 6.47. The van der Waals surface area contributed by atoms with E-state index in [2.05, 4.69) is 5.32 Å². The second kappa shape index (κ2) is 8.26. The summed E-state index contributed by atoms with van der Waals surface area (Å²) in [6.07, 6.45) is -0.441. The van der Waals surface area contributed by atoms with E-state index in [0.717, 1.165) is 0 Å². The summed E-state index contributed by atoms with van der Waals surface area (Å²) in [5, 5.41) is 3.22.